The minimum Gasteiger partial charge on any atom is -0.390 e. The molecular weight excluding hydrogens is 293 g/mol. The summed E-state index contributed by atoms with van der Waals surface area (Å²) < 4.78 is 0.849. The maximum absolute atomic E-state index is 11.9. The highest BCUT2D eigenvalue weighted by atomic mass is 79.9. The van der Waals surface area contributed by atoms with Crippen molar-refractivity contribution in [3.8, 4) is 0 Å². The van der Waals surface area contributed by atoms with E-state index in [1.54, 1.807) is 25.2 Å². The molecule has 1 aliphatic rings. The van der Waals surface area contributed by atoms with Gasteiger partial charge in [-0.05, 0) is 23.8 Å². The lowest BCUT2D eigenvalue weighted by molar-refractivity contribution is -0.128. The average molecular weight is 305 g/mol. The van der Waals surface area contributed by atoms with Crippen LogP contribution in [0.5, 0.6) is 0 Å². The molecule has 2 atom stereocenters. The van der Waals surface area contributed by atoms with Crippen molar-refractivity contribution < 1.29 is 9.90 Å². The number of halogens is 2. The number of nitrogens with zero attached hydrogens (tertiary/aromatic N) is 1. The molecule has 0 bridgehead atoms. The molecule has 86 valence electrons. The van der Waals surface area contributed by atoms with E-state index in [2.05, 4.69) is 15.9 Å². The van der Waals surface area contributed by atoms with Crippen molar-refractivity contribution in [2.24, 2.45) is 0 Å². The maximum atomic E-state index is 11.9. The van der Waals surface area contributed by atoms with Crippen LogP contribution < -0.4 is 0 Å². The normalized spacial score (nSPS) is 25.2. The Morgan fingerprint density at radius 1 is 1.56 bits per heavy atom. The molecule has 1 aromatic rings. The van der Waals surface area contributed by atoms with Gasteiger partial charge in [-0.3, -0.25) is 4.79 Å². The molecule has 0 aliphatic carbocycles. The number of hydrogen-bond donors (Lipinski definition) is 1. The molecule has 1 saturated heterocycles. The Kier molecular flexibility index (Phi) is 3.24. The highest BCUT2D eigenvalue weighted by molar-refractivity contribution is 9.10. The average Bonchev–Trinajstić information content (AvgIpc) is 2.46. The van der Waals surface area contributed by atoms with E-state index in [4.69, 9.17) is 11.6 Å². The van der Waals surface area contributed by atoms with Crippen molar-refractivity contribution in [1.29, 1.82) is 0 Å². The van der Waals surface area contributed by atoms with Crippen LogP contribution in [0.15, 0.2) is 22.7 Å². The van der Waals surface area contributed by atoms with Crippen LogP contribution in [-0.2, 0) is 4.79 Å². The van der Waals surface area contributed by atoms with Crippen molar-refractivity contribution in [1.82, 2.24) is 4.90 Å². The fourth-order valence-electron chi connectivity index (χ4n) is 1.97. The van der Waals surface area contributed by atoms with E-state index in [1.165, 1.54) is 4.90 Å². The first-order chi connectivity index (χ1) is 7.50. The van der Waals surface area contributed by atoms with Gasteiger partial charge in [-0.1, -0.05) is 27.5 Å². The number of amides is 1. The molecule has 5 heteroatoms. The summed E-state index contributed by atoms with van der Waals surface area (Å²) in [4.78, 5) is 13.4. The Balaban J connectivity index is 2.44. The van der Waals surface area contributed by atoms with Gasteiger partial charge in [-0.15, -0.1) is 0 Å². The first kappa shape index (κ1) is 11.9. The summed E-state index contributed by atoms with van der Waals surface area (Å²) in [5.41, 5.74) is 0.679. The molecule has 1 fully saturated rings. The van der Waals surface area contributed by atoms with Gasteiger partial charge >= 0.3 is 0 Å². The van der Waals surface area contributed by atoms with E-state index in [-0.39, 0.29) is 5.91 Å². The number of β-amino-alcohol motifs (C(OH)–C–C–N with tert-alkyl or cyclic N) is 1. The lowest BCUT2D eigenvalue weighted by atomic mass is 9.95. The number of hydrogen-bond acceptors (Lipinski definition) is 2. The number of aliphatic hydroxyl groups excluding tert-OH is 1. The van der Waals surface area contributed by atoms with Gasteiger partial charge in [0, 0.05) is 23.1 Å². The summed E-state index contributed by atoms with van der Waals surface area (Å²) in [5, 5.41) is 10.4. The summed E-state index contributed by atoms with van der Waals surface area (Å²) in [6.07, 6.45) is -0.690. The first-order valence-corrected chi connectivity index (χ1v) is 6.06. The largest absolute Gasteiger partial charge is 0.390 e. The van der Waals surface area contributed by atoms with E-state index < -0.39 is 12.0 Å². The summed E-state index contributed by atoms with van der Waals surface area (Å²) >= 11 is 9.39. The Labute approximate surface area is 107 Å². The van der Waals surface area contributed by atoms with Crippen LogP contribution >= 0.6 is 27.5 Å². The van der Waals surface area contributed by atoms with E-state index in [9.17, 15) is 9.90 Å². The standard InChI is InChI=1S/C11H11BrClNO2/c1-14-5-9(15)10(11(14)16)7-4-6(12)2-3-8(7)13/h2-4,9-10,15H,5H2,1H3. The van der Waals surface area contributed by atoms with Crippen LogP contribution in [0, 0.1) is 0 Å². The number of likely N-dealkylation sites (N-methyl/N-ethyl adjacent to an activating group) is 1. The van der Waals surface area contributed by atoms with Crippen molar-refractivity contribution in [2.75, 3.05) is 13.6 Å². The number of likely N-dealkylation sites (tertiary alicyclic amines) is 1. The molecular formula is C11H11BrClNO2. The molecule has 16 heavy (non-hydrogen) atoms. The maximum Gasteiger partial charge on any atom is 0.232 e. The van der Waals surface area contributed by atoms with Gasteiger partial charge in [-0.2, -0.15) is 0 Å². The van der Waals surface area contributed by atoms with Crippen LogP contribution in [0.2, 0.25) is 5.02 Å². The van der Waals surface area contributed by atoms with Gasteiger partial charge in [0.15, 0.2) is 0 Å². The van der Waals surface area contributed by atoms with Crippen molar-refractivity contribution in [3.05, 3.63) is 33.3 Å². The second-order valence-corrected chi connectivity index (χ2v) is 5.25. The van der Waals surface area contributed by atoms with Gasteiger partial charge in [0.05, 0.1) is 12.0 Å². The second-order valence-electron chi connectivity index (χ2n) is 3.93. The third-order valence-electron chi connectivity index (χ3n) is 2.78. The molecule has 1 amide bonds. The topological polar surface area (TPSA) is 40.5 Å². The Morgan fingerprint density at radius 3 is 2.81 bits per heavy atom. The minimum absolute atomic E-state index is 0.0903. The fourth-order valence-corrected chi connectivity index (χ4v) is 2.59. The molecule has 1 aromatic carbocycles. The van der Waals surface area contributed by atoms with Crippen LogP contribution in [-0.4, -0.2) is 35.6 Å². The molecule has 2 unspecified atom stereocenters. The fraction of sp³-hybridized carbons (Fsp3) is 0.364. The molecule has 1 aliphatic heterocycles. The number of aliphatic hydroxyl groups is 1. The summed E-state index contributed by atoms with van der Waals surface area (Å²) in [5.74, 6) is -0.637. The third-order valence-corrected chi connectivity index (χ3v) is 3.62. The van der Waals surface area contributed by atoms with Crippen molar-refractivity contribution >= 4 is 33.4 Å². The molecule has 2 rings (SSSR count). The summed E-state index contributed by atoms with van der Waals surface area (Å²) in [6, 6.07) is 5.31. The predicted molar refractivity (Wildman–Crippen MR) is 65.5 cm³/mol. The lowest BCUT2D eigenvalue weighted by Gasteiger charge is -2.14. The molecule has 0 aromatic heterocycles. The van der Waals surface area contributed by atoms with Crippen LogP contribution in [0.3, 0.4) is 0 Å². The van der Waals surface area contributed by atoms with Crippen LogP contribution in [0.4, 0.5) is 0 Å². The monoisotopic (exact) mass is 303 g/mol. The molecule has 0 saturated carbocycles. The Hall–Kier alpha value is -0.580. The van der Waals surface area contributed by atoms with E-state index in [0.29, 0.717) is 17.1 Å². The predicted octanol–water partition coefficient (Wildman–Crippen LogP) is 2.02. The minimum atomic E-state index is -0.690. The highest BCUT2D eigenvalue weighted by Crippen LogP contribution is 2.34. The molecule has 3 nitrogen and oxygen atoms in total. The van der Waals surface area contributed by atoms with E-state index in [1.807, 2.05) is 0 Å². The van der Waals surface area contributed by atoms with E-state index in [0.717, 1.165) is 4.47 Å². The second kappa shape index (κ2) is 4.35. The quantitative estimate of drug-likeness (QED) is 0.862. The van der Waals surface area contributed by atoms with Gasteiger partial charge in [-0.25, -0.2) is 0 Å². The first-order valence-electron chi connectivity index (χ1n) is 4.88. The number of benzene rings is 1. The SMILES string of the molecule is CN1CC(O)C(c2cc(Br)ccc2Cl)C1=O. The van der Waals surface area contributed by atoms with Gasteiger partial charge in [0.25, 0.3) is 0 Å². The lowest BCUT2D eigenvalue weighted by Crippen LogP contribution is -2.21. The molecule has 1 heterocycles. The van der Waals surface area contributed by atoms with Gasteiger partial charge in [0.2, 0.25) is 5.91 Å². The van der Waals surface area contributed by atoms with Gasteiger partial charge in [0.1, 0.15) is 0 Å². The van der Waals surface area contributed by atoms with Crippen molar-refractivity contribution in [3.63, 3.8) is 0 Å². The third kappa shape index (κ3) is 1.97. The van der Waals surface area contributed by atoms with Crippen LogP contribution in [0.25, 0.3) is 0 Å². The number of carbonyl (C=O) groups is 1. The number of carbonyl (C=O) groups excluding carboxylic acids is 1. The Morgan fingerprint density at radius 2 is 2.25 bits per heavy atom. The zero-order chi connectivity index (χ0) is 11.9. The zero-order valence-electron chi connectivity index (χ0n) is 8.65. The van der Waals surface area contributed by atoms with Crippen molar-refractivity contribution in [2.45, 2.75) is 12.0 Å². The zero-order valence-corrected chi connectivity index (χ0v) is 11.0. The summed E-state index contributed by atoms with van der Waals surface area (Å²) in [7, 11) is 1.68. The van der Waals surface area contributed by atoms with Crippen LogP contribution in [0.1, 0.15) is 11.5 Å². The molecule has 1 N–H and O–H groups in total. The Bertz CT molecular complexity index is 438. The molecule has 0 radical (unpaired) electrons. The number of rotatable bonds is 1. The molecule has 0 spiro atoms. The summed E-state index contributed by atoms with van der Waals surface area (Å²) in [6.45, 7) is 0.354. The van der Waals surface area contributed by atoms with E-state index >= 15 is 0 Å². The van der Waals surface area contributed by atoms with Gasteiger partial charge < -0.3 is 10.0 Å². The smallest absolute Gasteiger partial charge is 0.232 e. The highest BCUT2D eigenvalue weighted by Gasteiger charge is 2.39.